The summed E-state index contributed by atoms with van der Waals surface area (Å²) in [6.07, 6.45) is 0. The third kappa shape index (κ3) is 6.41. The van der Waals surface area contributed by atoms with Crippen LogP contribution in [0.5, 0.6) is 0 Å². The molecule has 27 heteroatoms. The van der Waals surface area contributed by atoms with Crippen LogP contribution in [0.15, 0.2) is 4.42 Å². The first-order chi connectivity index (χ1) is 32.2. The van der Waals surface area contributed by atoms with Gasteiger partial charge in [0.05, 0.1) is 0 Å². The van der Waals surface area contributed by atoms with E-state index in [9.17, 15) is 0 Å². The van der Waals surface area contributed by atoms with Crippen LogP contribution in [-0.2, 0) is 0 Å². The molecule has 0 bridgehead atoms. The van der Waals surface area contributed by atoms with Crippen molar-refractivity contribution in [3.8, 4) is 33.4 Å². The molecule has 304 valence electrons. The Balaban J connectivity index is 1.63. The summed E-state index contributed by atoms with van der Waals surface area (Å²) >= 11 is 0. The van der Waals surface area contributed by atoms with Gasteiger partial charge in [-0.1, -0.05) is 87.4 Å². The van der Waals surface area contributed by atoms with E-state index in [1.54, 1.807) is 0 Å². The maximum Gasteiger partial charge on any atom is 0.143 e. The zero-order chi connectivity index (χ0) is 51.0. The normalized spacial score (nSPS) is 11.8. The molecule has 0 N–H and O–H groups in total. The molecule has 1 aromatic heterocycles. The quantitative estimate of drug-likeness (QED) is 0.127. The molecule has 69 heavy (non-hydrogen) atoms. The number of benzene rings is 8. The van der Waals surface area contributed by atoms with Crippen molar-refractivity contribution in [2.75, 3.05) is 0 Å². The van der Waals surface area contributed by atoms with Gasteiger partial charge < -0.3 is 4.42 Å². The van der Waals surface area contributed by atoms with Gasteiger partial charge in [0.2, 0.25) is 0 Å². The molecule has 9 aromatic rings. The van der Waals surface area contributed by atoms with Crippen LogP contribution in [0.1, 0.15) is 0 Å². The van der Waals surface area contributed by atoms with Crippen LogP contribution in [0, 0.1) is 0 Å². The summed E-state index contributed by atoms with van der Waals surface area (Å²) in [5, 5.41) is 11.0. The summed E-state index contributed by atoms with van der Waals surface area (Å²) in [5.74, 6) is 0. The molecule has 0 aliphatic rings. The lowest BCUT2D eigenvalue weighted by Crippen LogP contribution is -2.55. The van der Waals surface area contributed by atoms with E-state index >= 15 is 0 Å². The predicted octanol–water partition coefficient (Wildman–Crippen LogP) is -33.2. The largest absolute Gasteiger partial charge is 0.457 e. The maximum atomic E-state index is 7.01. The van der Waals surface area contributed by atoms with Crippen molar-refractivity contribution in [2.24, 2.45) is 0 Å². The fourth-order valence-electron chi connectivity index (χ4n) is 13.5. The van der Waals surface area contributed by atoms with Crippen molar-refractivity contribution in [1.82, 2.24) is 0 Å². The van der Waals surface area contributed by atoms with Gasteiger partial charge in [-0.25, -0.2) is 0 Å². The van der Waals surface area contributed by atoms with Crippen LogP contribution >= 0.6 is 0 Å². The Bertz CT molecular complexity index is 3860. The van der Waals surface area contributed by atoms with Crippen LogP contribution in [-0.4, -0.2) is 204 Å². The van der Waals surface area contributed by atoms with Crippen molar-refractivity contribution in [3.05, 3.63) is 0 Å². The highest BCUT2D eigenvalue weighted by molar-refractivity contribution is 6.77. The van der Waals surface area contributed by atoms with Gasteiger partial charge in [0.1, 0.15) is 215 Å². The van der Waals surface area contributed by atoms with Crippen LogP contribution in [0.4, 0.5) is 0 Å². The molecule has 0 aliphatic carbocycles. The average Bonchev–Trinajstić information content (AvgIpc) is 3.74. The highest BCUT2D eigenvalue weighted by Gasteiger charge is 2.32. The first kappa shape index (κ1) is 50.0. The SMILES string of the molecule is Bc1c(B)c(B)c(-c2c3c(B)c(B)c(B)c(B)c3c(-c3c(B)c(B)c(-c4c(B)c(B)c5oc6c(B)c(B)c(B)c(B)c6c5c4B)c4c(B)c(B)c(B)c(B)c34)c3c(B)c(B)c(B)c(B)c23)c(B)c1B. The minimum atomic E-state index is 1.03. The molecule has 0 aliphatic heterocycles. The van der Waals surface area contributed by atoms with E-state index in [0.29, 0.717) is 0 Å². The van der Waals surface area contributed by atoms with Crippen LogP contribution < -0.4 is 142 Å². The Labute approximate surface area is 435 Å². The van der Waals surface area contributed by atoms with Gasteiger partial charge in [-0.3, -0.25) is 0 Å². The second-order valence-corrected chi connectivity index (χ2v) is 22.3. The van der Waals surface area contributed by atoms with E-state index in [1.807, 2.05) is 0 Å². The van der Waals surface area contributed by atoms with Gasteiger partial charge in [-0.05, 0) is 65.7 Å². The molecule has 0 saturated carbocycles. The summed E-state index contributed by atoms with van der Waals surface area (Å²) in [5.41, 5.74) is 46.0. The molecule has 0 radical (unpaired) electrons. The van der Waals surface area contributed by atoms with Crippen molar-refractivity contribution in [2.45, 2.75) is 0 Å². The molecule has 0 fully saturated rings. The van der Waals surface area contributed by atoms with Gasteiger partial charge in [0.15, 0.2) is 0 Å². The summed E-state index contributed by atoms with van der Waals surface area (Å²) in [6.45, 7) is 0. The molecule has 8 aromatic carbocycles. The van der Waals surface area contributed by atoms with Crippen LogP contribution in [0.3, 0.4) is 0 Å². The predicted molar refractivity (Wildman–Crippen MR) is 395 cm³/mol. The topological polar surface area (TPSA) is 13.1 Å². The average molecular weight is 854 g/mol. The Hall–Kier alpha value is -3.97. The van der Waals surface area contributed by atoms with E-state index in [-0.39, 0.29) is 0 Å². The molecule has 1 nitrogen and oxygen atoms in total. The van der Waals surface area contributed by atoms with Crippen molar-refractivity contribution in [3.63, 3.8) is 0 Å². The molecule has 1 heterocycles. The Morgan fingerprint density at radius 1 is 0.130 bits per heavy atom. The lowest BCUT2D eigenvalue weighted by molar-refractivity contribution is 0.675. The number of rotatable bonds is 3. The number of furan rings is 1. The molecule has 0 spiro atoms. The summed E-state index contributed by atoms with van der Waals surface area (Å²) in [4.78, 5) is 0. The van der Waals surface area contributed by atoms with E-state index in [4.69, 9.17) is 4.42 Å². The third-order valence-corrected chi connectivity index (χ3v) is 20.0. The van der Waals surface area contributed by atoms with Crippen LogP contribution in [0.2, 0.25) is 0 Å². The molecule has 9 rings (SSSR count). The lowest BCUT2D eigenvalue weighted by atomic mass is 9.55. The van der Waals surface area contributed by atoms with Gasteiger partial charge in [0.25, 0.3) is 0 Å². The number of hydrogen-bond acceptors (Lipinski definition) is 1. The monoisotopic (exact) mass is 859 g/mol. The summed E-state index contributed by atoms with van der Waals surface area (Å²) < 4.78 is 7.01. The van der Waals surface area contributed by atoms with E-state index in [0.717, 1.165) is 11.2 Å². The maximum absolute atomic E-state index is 7.01. The van der Waals surface area contributed by atoms with Crippen molar-refractivity contribution >= 4 is 400 Å². The standard InChI is InChI=1S/C42H52B26O/c43-15-12(26(54)39(67)41-13(15)14-27(55)36(64)38(66)40(68)42(14)69-41)10-9-8(22(50)32(60)33(61)23(9)51)5(16(44)17(10)45)1-3-6(20(48)30(58)28(56)18(3)46)2(7-4(1)19(47)29(57)31(59)21(7)49)11-24(52)34(62)37(65)35(63)25(11)53/h43-68H2. The zero-order valence-electron chi connectivity index (χ0n) is 47.4. The minimum Gasteiger partial charge on any atom is -0.457 e. The Kier molecular flexibility index (Phi) is 12.2. The van der Waals surface area contributed by atoms with Gasteiger partial charge >= 0.3 is 0 Å². The van der Waals surface area contributed by atoms with Crippen molar-refractivity contribution < 1.29 is 4.42 Å². The molecular weight excluding hydrogens is 802 g/mol. The second-order valence-electron chi connectivity index (χ2n) is 22.3. The Morgan fingerprint density at radius 2 is 0.304 bits per heavy atom. The smallest absolute Gasteiger partial charge is 0.143 e. The number of hydrogen-bond donors (Lipinski definition) is 0. The highest BCUT2D eigenvalue weighted by Crippen LogP contribution is 2.41. The first-order valence-electron chi connectivity index (χ1n) is 25.7. The first-order valence-corrected chi connectivity index (χ1v) is 25.7. The Morgan fingerprint density at radius 3 is 0.652 bits per heavy atom. The van der Waals surface area contributed by atoms with E-state index < -0.39 is 0 Å². The summed E-state index contributed by atoms with van der Waals surface area (Å²) in [7, 11) is 61.5. The second kappa shape index (κ2) is 16.8. The lowest BCUT2D eigenvalue weighted by Gasteiger charge is -2.33. The fraction of sp³-hybridized carbons (Fsp3) is 0. The highest BCUT2D eigenvalue weighted by atomic mass is 16.3. The minimum absolute atomic E-state index is 1.03. The fourth-order valence-corrected chi connectivity index (χ4v) is 13.5. The summed E-state index contributed by atoms with van der Waals surface area (Å²) in [6, 6.07) is 0. The third-order valence-electron chi connectivity index (χ3n) is 20.0. The zero-order valence-corrected chi connectivity index (χ0v) is 47.4. The number of fused-ring (bicyclic) bond motifs is 6. The van der Waals surface area contributed by atoms with E-state index in [1.165, 1.54) is 219 Å². The molecular formula is C42H52B26O. The van der Waals surface area contributed by atoms with Gasteiger partial charge in [-0.15, -0.1) is 54.6 Å². The van der Waals surface area contributed by atoms with Gasteiger partial charge in [0, 0.05) is 10.8 Å². The van der Waals surface area contributed by atoms with E-state index in [2.05, 4.69) is 204 Å². The molecule has 0 atom stereocenters. The van der Waals surface area contributed by atoms with Gasteiger partial charge in [-0.2, -0.15) is 0 Å². The molecule has 0 unspecified atom stereocenters. The van der Waals surface area contributed by atoms with Crippen molar-refractivity contribution in [1.29, 1.82) is 0 Å². The molecule has 0 amide bonds. The van der Waals surface area contributed by atoms with Crippen LogP contribution in [0.25, 0.3) is 87.6 Å². The molecule has 0 saturated heterocycles.